The molecule has 3 aromatic rings. The van der Waals surface area contributed by atoms with E-state index in [9.17, 15) is 5.11 Å². The Hall–Kier alpha value is -2.58. The second-order valence-corrected chi connectivity index (χ2v) is 8.66. The summed E-state index contributed by atoms with van der Waals surface area (Å²) in [6, 6.07) is 21.4. The highest BCUT2D eigenvalue weighted by molar-refractivity contribution is 5.83. The molecule has 3 aromatic carbocycles. The molecule has 2 nitrogen and oxygen atoms in total. The minimum Gasteiger partial charge on any atom is -0.386 e. The molecule has 0 fully saturated rings. The summed E-state index contributed by atoms with van der Waals surface area (Å²) in [6.07, 6.45) is 0. The van der Waals surface area contributed by atoms with Gasteiger partial charge < -0.3 is 10.4 Å². The van der Waals surface area contributed by atoms with Gasteiger partial charge in [-0.1, -0.05) is 56.3 Å². The molecule has 1 aliphatic carbocycles. The fourth-order valence-electron chi connectivity index (χ4n) is 4.23. The van der Waals surface area contributed by atoms with Crippen LogP contribution in [0.3, 0.4) is 0 Å². The van der Waals surface area contributed by atoms with E-state index in [1.54, 1.807) is 0 Å². The van der Waals surface area contributed by atoms with Gasteiger partial charge in [-0.15, -0.1) is 0 Å². The van der Waals surface area contributed by atoms with Crippen molar-refractivity contribution in [3.05, 3.63) is 82.9 Å². The summed E-state index contributed by atoms with van der Waals surface area (Å²) in [5.74, 6) is 0. The normalized spacial score (nSPS) is 14.6. The number of rotatable bonds is 3. The van der Waals surface area contributed by atoms with Crippen LogP contribution in [0.2, 0.25) is 0 Å². The van der Waals surface area contributed by atoms with Gasteiger partial charge in [0.15, 0.2) is 0 Å². The number of fused-ring (bicyclic) bond motifs is 3. The predicted octanol–water partition coefficient (Wildman–Crippen LogP) is 6.27. The molecule has 0 bridgehead atoms. The van der Waals surface area contributed by atoms with Crippen LogP contribution in [0, 0.1) is 6.92 Å². The van der Waals surface area contributed by atoms with Gasteiger partial charge in [0.1, 0.15) is 0 Å². The third-order valence-corrected chi connectivity index (χ3v) is 5.70. The van der Waals surface area contributed by atoms with Crippen LogP contribution in [0.1, 0.15) is 49.9 Å². The fraction of sp³-hybridized carbons (Fsp3) is 0.280. The molecule has 0 amide bonds. The summed E-state index contributed by atoms with van der Waals surface area (Å²) in [6.45, 7) is 10.3. The number of nitrogens with one attached hydrogen (secondary N) is 1. The van der Waals surface area contributed by atoms with Crippen LogP contribution < -0.4 is 5.32 Å². The zero-order chi connectivity index (χ0) is 19.4. The maximum absolute atomic E-state index is 10.6. The lowest BCUT2D eigenvalue weighted by atomic mass is 9.82. The van der Waals surface area contributed by atoms with Crippen LogP contribution in [-0.2, 0) is 11.0 Å². The molecule has 0 unspecified atom stereocenters. The molecule has 0 aliphatic heterocycles. The van der Waals surface area contributed by atoms with Gasteiger partial charge in [-0.2, -0.15) is 0 Å². The molecule has 0 spiro atoms. The molecular formula is C25H27NO. The van der Waals surface area contributed by atoms with E-state index < -0.39 is 5.60 Å². The third kappa shape index (κ3) is 2.94. The second kappa shape index (κ2) is 5.97. The first kappa shape index (κ1) is 17.8. The quantitative estimate of drug-likeness (QED) is 0.579. The SMILES string of the molecule is Cc1ccc(C(C)(C)O)c(Nc2ccc3c(c2)C(C)(C)c2ccccc2-3)c1. The van der Waals surface area contributed by atoms with Crippen molar-refractivity contribution in [2.24, 2.45) is 0 Å². The molecule has 2 heteroatoms. The largest absolute Gasteiger partial charge is 0.386 e. The summed E-state index contributed by atoms with van der Waals surface area (Å²) < 4.78 is 0. The Kier molecular flexibility index (Phi) is 3.94. The number of anilines is 2. The molecule has 0 aromatic heterocycles. The maximum Gasteiger partial charge on any atom is 0.0860 e. The molecule has 0 heterocycles. The number of benzene rings is 3. The number of aliphatic hydroxyl groups is 1. The Morgan fingerprint density at radius 3 is 2.30 bits per heavy atom. The highest BCUT2D eigenvalue weighted by Gasteiger charge is 2.35. The molecule has 0 saturated heterocycles. The molecule has 138 valence electrons. The number of hydrogen-bond donors (Lipinski definition) is 2. The number of aryl methyl sites for hydroxylation is 1. The molecule has 0 saturated carbocycles. The highest BCUT2D eigenvalue weighted by Crippen LogP contribution is 2.49. The van der Waals surface area contributed by atoms with E-state index in [2.05, 4.69) is 74.6 Å². The van der Waals surface area contributed by atoms with Crippen molar-refractivity contribution >= 4 is 11.4 Å². The van der Waals surface area contributed by atoms with Gasteiger partial charge in [-0.3, -0.25) is 0 Å². The second-order valence-electron chi connectivity index (χ2n) is 8.66. The summed E-state index contributed by atoms with van der Waals surface area (Å²) in [7, 11) is 0. The van der Waals surface area contributed by atoms with Crippen molar-refractivity contribution in [1.29, 1.82) is 0 Å². The van der Waals surface area contributed by atoms with Crippen molar-refractivity contribution in [2.45, 2.75) is 45.6 Å². The van der Waals surface area contributed by atoms with E-state index in [0.717, 1.165) is 16.9 Å². The zero-order valence-electron chi connectivity index (χ0n) is 16.7. The van der Waals surface area contributed by atoms with Crippen molar-refractivity contribution < 1.29 is 5.11 Å². The van der Waals surface area contributed by atoms with Crippen molar-refractivity contribution in [3.63, 3.8) is 0 Å². The maximum atomic E-state index is 10.6. The van der Waals surface area contributed by atoms with Crippen LogP contribution in [0.5, 0.6) is 0 Å². The highest BCUT2D eigenvalue weighted by atomic mass is 16.3. The van der Waals surface area contributed by atoms with E-state index in [1.165, 1.54) is 27.8 Å². The van der Waals surface area contributed by atoms with Gasteiger partial charge in [-0.05, 0) is 66.8 Å². The molecule has 27 heavy (non-hydrogen) atoms. The molecule has 2 N–H and O–H groups in total. The van der Waals surface area contributed by atoms with Gasteiger partial charge in [0.05, 0.1) is 5.60 Å². The van der Waals surface area contributed by atoms with Crippen LogP contribution in [-0.4, -0.2) is 5.11 Å². The fourth-order valence-corrected chi connectivity index (χ4v) is 4.23. The Balaban J connectivity index is 1.78. The average molecular weight is 357 g/mol. The first-order valence-corrected chi connectivity index (χ1v) is 9.53. The first-order valence-electron chi connectivity index (χ1n) is 9.53. The lowest BCUT2D eigenvalue weighted by molar-refractivity contribution is 0.0794. The first-order chi connectivity index (χ1) is 12.7. The van der Waals surface area contributed by atoms with Gasteiger partial charge in [-0.25, -0.2) is 0 Å². The Morgan fingerprint density at radius 1 is 0.852 bits per heavy atom. The standard InChI is InChI=1S/C25H27NO/c1-16-10-13-21(25(4,5)27)23(14-16)26-17-11-12-19-18-8-6-7-9-20(18)24(2,3)22(19)15-17/h6-15,26-27H,1-5H3. The zero-order valence-corrected chi connectivity index (χ0v) is 16.7. The topological polar surface area (TPSA) is 32.3 Å². The number of hydrogen-bond acceptors (Lipinski definition) is 2. The van der Waals surface area contributed by atoms with Crippen LogP contribution in [0.25, 0.3) is 11.1 Å². The van der Waals surface area contributed by atoms with E-state index >= 15 is 0 Å². The van der Waals surface area contributed by atoms with Crippen molar-refractivity contribution in [3.8, 4) is 11.1 Å². The minimum atomic E-state index is -0.901. The summed E-state index contributed by atoms with van der Waals surface area (Å²) >= 11 is 0. The van der Waals surface area contributed by atoms with Crippen LogP contribution in [0.4, 0.5) is 11.4 Å². The van der Waals surface area contributed by atoms with Crippen molar-refractivity contribution in [2.75, 3.05) is 5.32 Å². The van der Waals surface area contributed by atoms with Gasteiger partial charge in [0.25, 0.3) is 0 Å². The Bertz CT molecular complexity index is 1020. The molecule has 0 atom stereocenters. The summed E-state index contributed by atoms with van der Waals surface area (Å²) in [5.41, 5.74) is 8.51. The van der Waals surface area contributed by atoms with Crippen molar-refractivity contribution in [1.82, 2.24) is 0 Å². The monoisotopic (exact) mass is 357 g/mol. The Labute approximate surface area is 161 Å². The van der Waals surface area contributed by atoms with Gasteiger partial charge in [0, 0.05) is 22.4 Å². The molecular weight excluding hydrogens is 330 g/mol. The molecule has 4 rings (SSSR count). The van der Waals surface area contributed by atoms with Gasteiger partial charge in [0.2, 0.25) is 0 Å². The molecule has 0 radical (unpaired) electrons. The van der Waals surface area contributed by atoms with Crippen LogP contribution >= 0.6 is 0 Å². The lowest BCUT2D eigenvalue weighted by Gasteiger charge is -2.24. The minimum absolute atomic E-state index is 0.0186. The third-order valence-electron chi connectivity index (χ3n) is 5.70. The summed E-state index contributed by atoms with van der Waals surface area (Å²) in [4.78, 5) is 0. The van der Waals surface area contributed by atoms with E-state index in [0.29, 0.717) is 0 Å². The van der Waals surface area contributed by atoms with E-state index in [4.69, 9.17) is 0 Å². The smallest absolute Gasteiger partial charge is 0.0860 e. The van der Waals surface area contributed by atoms with E-state index in [1.807, 2.05) is 26.0 Å². The summed E-state index contributed by atoms with van der Waals surface area (Å²) in [5, 5.41) is 14.1. The lowest BCUT2D eigenvalue weighted by Crippen LogP contribution is -2.18. The average Bonchev–Trinajstić information content (AvgIpc) is 2.82. The van der Waals surface area contributed by atoms with Gasteiger partial charge >= 0.3 is 0 Å². The van der Waals surface area contributed by atoms with E-state index in [-0.39, 0.29) is 5.41 Å². The Morgan fingerprint density at radius 2 is 1.56 bits per heavy atom. The predicted molar refractivity (Wildman–Crippen MR) is 114 cm³/mol. The molecule has 1 aliphatic rings. The van der Waals surface area contributed by atoms with Crippen LogP contribution in [0.15, 0.2) is 60.7 Å².